The minimum atomic E-state index is 0.605. The second-order valence-corrected chi connectivity index (χ2v) is 13.6. The van der Waals surface area contributed by atoms with Gasteiger partial charge in [-0.05, 0) is 129 Å². The van der Waals surface area contributed by atoms with Crippen LogP contribution in [0.1, 0.15) is 96.6 Å². The van der Waals surface area contributed by atoms with Crippen molar-refractivity contribution in [2.75, 3.05) is 0 Å². The van der Waals surface area contributed by atoms with Crippen molar-refractivity contribution in [3.63, 3.8) is 0 Å². The molecule has 1 heteroatoms. The van der Waals surface area contributed by atoms with E-state index in [0.717, 1.165) is 41.4 Å². The number of hydrogen-bond acceptors (Lipinski definition) is 0. The van der Waals surface area contributed by atoms with Crippen LogP contribution in [0.4, 0.5) is 0 Å². The molecule has 0 spiro atoms. The Labute approximate surface area is 192 Å². The van der Waals surface area contributed by atoms with E-state index >= 15 is 0 Å². The van der Waals surface area contributed by atoms with E-state index in [-0.39, 0.29) is 0 Å². The highest BCUT2D eigenvalue weighted by Crippen LogP contribution is 2.66. The van der Waals surface area contributed by atoms with Crippen molar-refractivity contribution >= 4 is 0 Å². The lowest BCUT2D eigenvalue weighted by Gasteiger charge is -2.57. The fourth-order valence-corrected chi connectivity index (χ4v) is 9.89. The number of fused-ring (bicyclic) bond motifs is 5. The van der Waals surface area contributed by atoms with Crippen molar-refractivity contribution in [1.29, 1.82) is 0 Å². The van der Waals surface area contributed by atoms with E-state index in [2.05, 4.69) is 64.7 Å². The van der Waals surface area contributed by atoms with Crippen molar-refractivity contribution < 1.29 is 4.57 Å². The Hall–Kier alpha value is -0.850. The van der Waals surface area contributed by atoms with Crippen LogP contribution < -0.4 is 4.57 Å². The first-order chi connectivity index (χ1) is 14.7. The first kappa shape index (κ1) is 22.0. The summed E-state index contributed by atoms with van der Waals surface area (Å²) in [4.78, 5) is 0. The Bertz CT molecular complexity index is 788. The predicted octanol–water partition coefficient (Wildman–Crippen LogP) is 7.29. The molecule has 0 N–H and O–H groups in total. The van der Waals surface area contributed by atoms with Crippen molar-refractivity contribution in [3.8, 4) is 0 Å². The van der Waals surface area contributed by atoms with Gasteiger partial charge in [-0.3, -0.25) is 0 Å². The van der Waals surface area contributed by atoms with Crippen LogP contribution in [0, 0.1) is 59.2 Å². The van der Waals surface area contributed by atoms with Crippen LogP contribution >= 0.6 is 0 Å². The molecule has 172 valence electrons. The van der Waals surface area contributed by atoms with Gasteiger partial charge in [0.05, 0.1) is 0 Å². The second kappa shape index (κ2) is 7.88. The summed E-state index contributed by atoms with van der Waals surface area (Å²) < 4.78 is 2.26. The third kappa shape index (κ3) is 3.91. The molecule has 4 aliphatic carbocycles. The molecule has 0 aromatic carbocycles. The molecular formula is C30H48N+. The molecule has 5 rings (SSSR count). The summed E-state index contributed by atoms with van der Waals surface area (Å²) in [5.41, 5.74) is 4.15. The number of pyridine rings is 1. The Kier molecular flexibility index (Phi) is 5.58. The molecule has 4 saturated carbocycles. The number of aryl methyl sites for hydroxylation is 2. The van der Waals surface area contributed by atoms with E-state index in [9.17, 15) is 0 Å². The number of rotatable bonds is 3. The van der Waals surface area contributed by atoms with Crippen molar-refractivity contribution in [2.24, 2.45) is 59.3 Å². The summed E-state index contributed by atoms with van der Waals surface area (Å²) >= 11 is 0. The first-order valence-corrected chi connectivity index (χ1v) is 13.6. The molecule has 1 nitrogen and oxygen atoms in total. The maximum atomic E-state index is 2.73. The van der Waals surface area contributed by atoms with E-state index in [1.54, 1.807) is 24.8 Å². The van der Waals surface area contributed by atoms with E-state index < -0.39 is 0 Å². The molecule has 1 aromatic rings. The maximum absolute atomic E-state index is 2.73. The number of hydrogen-bond donors (Lipinski definition) is 0. The van der Waals surface area contributed by atoms with Crippen LogP contribution in [0.25, 0.3) is 0 Å². The molecule has 8 atom stereocenters. The van der Waals surface area contributed by atoms with Gasteiger partial charge in [0.25, 0.3) is 0 Å². The molecule has 1 aromatic heterocycles. The molecular weight excluding hydrogens is 374 g/mol. The summed E-state index contributed by atoms with van der Waals surface area (Å²) in [6.45, 7) is 12.6. The Balaban J connectivity index is 1.31. The van der Waals surface area contributed by atoms with E-state index in [0.29, 0.717) is 10.8 Å². The van der Waals surface area contributed by atoms with Crippen LogP contribution in [0.3, 0.4) is 0 Å². The molecule has 8 unspecified atom stereocenters. The van der Waals surface area contributed by atoms with E-state index in [4.69, 9.17) is 0 Å². The zero-order valence-electron chi connectivity index (χ0n) is 21.3. The van der Waals surface area contributed by atoms with Crippen molar-refractivity contribution in [1.82, 2.24) is 0 Å². The smallest absolute Gasteiger partial charge is 0.171 e. The number of aromatic nitrogens is 1. The van der Waals surface area contributed by atoms with Gasteiger partial charge in [-0.25, -0.2) is 4.57 Å². The summed E-state index contributed by atoms with van der Waals surface area (Å²) in [7, 11) is 2.18. The van der Waals surface area contributed by atoms with Gasteiger partial charge in [0, 0.05) is 11.1 Å². The Morgan fingerprint density at radius 1 is 0.935 bits per heavy atom. The fourth-order valence-electron chi connectivity index (χ4n) is 9.89. The predicted molar refractivity (Wildman–Crippen MR) is 130 cm³/mol. The van der Waals surface area contributed by atoms with Crippen LogP contribution in [0.15, 0.2) is 18.5 Å². The average Bonchev–Trinajstić information content (AvgIpc) is 3.03. The van der Waals surface area contributed by atoms with Crippen molar-refractivity contribution in [3.05, 3.63) is 29.6 Å². The second-order valence-electron chi connectivity index (χ2n) is 13.6. The highest BCUT2D eigenvalue weighted by atomic mass is 14.9. The molecule has 4 aliphatic rings. The fraction of sp³-hybridized carbons (Fsp3) is 0.833. The topological polar surface area (TPSA) is 3.88 Å². The van der Waals surface area contributed by atoms with Gasteiger partial charge in [0.15, 0.2) is 12.4 Å². The van der Waals surface area contributed by atoms with Gasteiger partial charge in [0.2, 0.25) is 0 Å². The maximum Gasteiger partial charge on any atom is 0.171 e. The van der Waals surface area contributed by atoms with Gasteiger partial charge in [-0.1, -0.05) is 27.7 Å². The van der Waals surface area contributed by atoms with Crippen LogP contribution in [0.5, 0.6) is 0 Å². The van der Waals surface area contributed by atoms with Crippen LogP contribution in [0.2, 0.25) is 0 Å². The lowest BCUT2D eigenvalue weighted by atomic mass is 9.48. The van der Waals surface area contributed by atoms with Gasteiger partial charge in [0.1, 0.15) is 7.05 Å². The SMILES string of the molecule is Cc1cc(CC(C)C2CCC3C4CCC5CC(C)(C)CCC5C4CCC23C)c[n+](C)c1. The van der Waals surface area contributed by atoms with Crippen LogP contribution in [-0.2, 0) is 13.5 Å². The summed E-state index contributed by atoms with van der Waals surface area (Å²) in [6, 6.07) is 2.42. The monoisotopic (exact) mass is 422 g/mol. The summed E-state index contributed by atoms with van der Waals surface area (Å²) in [6.07, 6.45) is 19.6. The lowest BCUT2D eigenvalue weighted by molar-refractivity contribution is -0.672. The minimum absolute atomic E-state index is 0.605. The normalized spacial score (nSPS) is 42.4. The third-order valence-electron chi connectivity index (χ3n) is 11.0. The highest BCUT2D eigenvalue weighted by Gasteiger charge is 2.57. The zero-order chi connectivity index (χ0) is 22.0. The zero-order valence-corrected chi connectivity index (χ0v) is 21.3. The highest BCUT2D eigenvalue weighted by molar-refractivity contribution is 5.15. The molecule has 31 heavy (non-hydrogen) atoms. The molecule has 0 aliphatic heterocycles. The number of nitrogens with zero attached hydrogens (tertiary/aromatic N) is 1. The Morgan fingerprint density at radius 2 is 1.71 bits per heavy atom. The van der Waals surface area contributed by atoms with Gasteiger partial charge in [-0.2, -0.15) is 0 Å². The third-order valence-corrected chi connectivity index (χ3v) is 11.0. The Morgan fingerprint density at radius 3 is 2.48 bits per heavy atom. The minimum Gasteiger partial charge on any atom is -0.207 e. The molecule has 0 amide bonds. The van der Waals surface area contributed by atoms with Gasteiger partial charge < -0.3 is 0 Å². The van der Waals surface area contributed by atoms with Gasteiger partial charge >= 0.3 is 0 Å². The first-order valence-electron chi connectivity index (χ1n) is 13.6. The largest absolute Gasteiger partial charge is 0.207 e. The standard InChI is InChI=1S/C30H48N/c1-20-15-22(19-31(6)18-20)16-21(2)27-9-10-28-26-8-7-23-17-29(3,4)13-11-24(23)25(26)12-14-30(27,28)5/h15,18-19,21,23-28H,7-14,16-17H2,1-6H3/q+1. The average molecular weight is 423 g/mol. The molecule has 4 fully saturated rings. The summed E-state index contributed by atoms with van der Waals surface area (Å²) in [5.74, 6) is 6.98. The molecule has 0 bridgehead atoms. The molecule has 0 radical (unpaired) electrons. The lowest BCUT2D eigenvalue weighted by Crippen LogP contribution is -2.49. The van der Waals surface area contributed by atoms with Crippen molar-refractivity contribution in [2.45, 2.75) is 98.8 Å². The van der Waals surface area contributed by atoms with E-state index in [1.807, 2.05) is 0 Å². The summed E-state index contributed by atoms with van der Waals surface area (Å²) in [5, 5.41) is 0. The van der Waals surface area contributed by atoms with Crippen LogP contribution in [-0.4, -0.2) is 0 Å². The van der Waals surface area contributed by atoms with Gasteiger partial charge in [-0.15, -0.1) is 0 Å². The molecule has 1 heterocycles. The quantitative estimate of drug-likeness (QED) is 0.450. The van der Waals surface area contributed by atoms with E-state index in [1.165, 1.54) is 50.5 Å². The molecule has 0 saturated heterocycles.